The molecule has 8 nitrogen and oxygen atoms in total. The third-order valence-electron chi connectivity index (χ3n) is 6.25. The molecule has 0 saturated heterocycles. The Bertz CT molecular complexity index is 1260. The number of thioether (sulfide) groups is 1. The highest BCUT2D eigenvalue weighted by Gasteiger charge is 2.26. The first-order valence-corrected chi connectivity index (χ1v) is 12.3. The first-order chi connectivity index (χ1) is 16.0. The second kappa shape index (κ2) is 9.05. The summed E-state index contributed by atoms with van der Waals surface area (Å²) in [5.41, 5.74) is 2.49. The number of aromatic nitrogens is 5. The molecule has 0 aromatic carbocycles. The van der Waals surface area contributed by atoms with Crippen molar-refractivity contribution in [2.45, 2.75) is 64.1 Å². The summed E-state index contributed by atoms with van der Waals surface area (Å²) in [6, 6.07) is 7.88. The summed E-state index contributed by atoms with van der Waals surface area (Å²) in [6.45, 7) is 5.76. The normalized spacial score (nSPS) is 14.8. The van der Waals surface area contributed by atoms with Gasteiger partial charge in [0.05, 0.1) is 12.0 Å². The number of furan rings is 1. The van der Waals surface area contributed by atoms with E-state index in [1.807, 2.05) is 49.6 Å². The highest BCUT2D eigenvalue weighted by molar-refractivity contribution is 7.99. The zero-order chi connectivity index (χ0) is 22.9. The molecule has 4 aromatic rings. The molecule has 1 saturated carbocycles. The lowest BCUT2D eigenvalue weighted by atomic mass is 9.95. The van der Waals surface area contributed by atoms with Crippen LogP contribution in [0.5, 0.6) is 0 Å². The van der Waals surface area contributed by atoms with Gasteiger partial charge in [0.2, 0.25) is 5.82 Å². The van der Waals surface area contributed by atoms with Crippen LogP contribution in [0, 0.1) is 20.8 Å². The van der Waals surface area contributed by atoms with Crippen LogP contribution in [0.1, 0.15) is 65.7 Å². The van der Waals surface area contributed by atoms with Crippen molar-refractivity contribution in [3.8, 4) is 17.4 Å². The van der Waals surface area contributed by atoms with Crippen LogP contribution in [0.2, 0.25) is 0 Å². The second-order valence-electron chi connectivity index (χ2n) is 8.57. The number of carbonyl (C=O) groups is 1. The molecule has 33 heavy (non-hydrogen) atoms. The van der Waals surface area contributed by atoms with Crippen molar-refractivity contribution in [1.82, 2.24) is 24.5 Å². The molecule has 9 heteroatoms. The van der Waals surface area contributed by atoms with Gasteiger partial charge in [-0.1, -0.05) is 36.2 Å². The molecule has 0 N–H and O–H groups in total. The Morgan fingerprint density at radius 1 is 1.15 bits per heavy atom. The zero-order valence-electron chi connectivity index (χ0n) is 19.1. The van der Waals surface area contributed by atoms with Crippen molar-refractivity contribution in [3.63, 3.8) is 0 Å². The van der Waals surface area contributed by atoms with Gasteiger partial charge in [-0.05, 0) is 51.8 Å². The summed E-state index contributed by atoms with van der Waals surface area (Å²) in [5, 5.41) is 13.7. The first-order valence-electron chi connectivity index (χ1n) is 11.3. The van der Waals surface area contributed by atoms with E-state index in [1.165, 1.54) is 31.0 Å². The summed E-state index contributed by atoms with van der Waals surface area (Å²) < 4.78 is 15.0. The average molecular weight is 466 g/mol. The molecule has 0 spiro atoms. The third-order valence-corrected chi connectivity index (χ3v) is 7.20. The van der Waals surface area contributed by atoms with E-state index in [0.29, 0.717) is 23.2 Å². The van der Waals surface area contributed by atoms with E-state index >= 15 is 0 Å². The number of hydrogen-bond donors (Lipinski definition) is 0. The molecule has 172 valence electrons. The van der Waals surface area contributed by atoms with Crippen LogP contribution in [0.4, 0.5) is 0 Å². The van der Waals surface area contributed by atoms with Gasteiger partial charge in [0.1, 0.15) is 5.76 Å². The molecule has 1 aliphatic rings. The van der Waals surface area contributed by atoms with Crippen LogP contribution >= 0.6 is 11.8 Å². The number of nitrogens with zero attached hydrogens (tertiary/aromatic N) is 5. The third kappa shape index (κ3) is 4.17. The number of aryl methyl sites for hydroxylation is 2. The van der Waals surface area contributed by atoms with E-state index in [4.69, 9.17) is 8.94 Å². The topological polar surface area (TPSA) is 91.9 Å². The Kier molecular flexibility index (Phi) is 5.97. The molecule has 0 unspecified atom stereocenters. The van der Waals surface area contributed by atoms with E-state index in [9.17, 15) is 4.79 Å². The number of Topliss-reactive ketones (excluding diaryl/α,β-unsaturated/α-hetero) is 1. The lowest BCUT2D eigenvalue weighted by Crippen LogP contribution is -2.15. The Morgan fingerprint density at radius 3 is 2.67 bits per heavy atom. The van der Waals surface area contributed by atoms with E-state index in [0.717, 1.165) is 41.0 Å². The van der Waals surface area contributed by atoms with Crippen molar-refractivity contribution in [3.05, 3.63) is 53.2 Å². The molecule has 4 heterocycles. The van der Waals surface area contributed by atoms with Gasteiger partial charge < -0.3 is 8.94 Å². The highest BCUT2D eigenvalue weighted by Crippen LogP contribution is 2.36. The van der Waals surface area contributed by atoms with E-state index < -0.39 is 0 Å². The van der Waals surface area contributed by atoms with Crippen molar-refractivity contribution in [2.24, 2.45) is 0 Å². The SMILES string of the molecule is Cc1cc(-n2c(C)cc(C(=O)CSc3nnc(-c4ccco4)n3C3CCCCC3)c2C)no1. The van der Waals surface area contributed by atoms with Crippen LogP contribution in [0.15, 0.2) is 44.6 Å². The van der Waals surface area contributed by atoms with Gasteiger partial charge in [-0.2, -0.15) is 0 Å². The number of rotatable bonds is 7. The fourth-order valence-electron chi connectivity index (χ4n) is 4.68. The molecule has 0 amide bonds. The lowest BCUT2D eigenvalue weighted by molar-refractivity contribution is 0.102. The molecular weight excluding hydrogens is 438 g/mol. The maximum absolute atomic E-state index is 13.2. The van der Waals surface area contributed by atoms with Crippen LogP contribution < -0.4 is 0 Å². The summed E-state index contributed by atoms with van der Waals surface area (Å²) in [7, 11) is 0. The van der Waals surface area contributed by atoms with Gasteiger partial charge in [-0.25, -0.2) is 0 Å². The molecule has 0 atom stereocenters. The Balaban J connectivity index is 1.39. The van der Waals surface area contributed by atoms with E-state index in [1.54, 1.807) is 6.26 Å². The fourth-order valence-corrected chi connectivity index (χ4v) is 5.57. The molecule has 1 aliphatic carbocycles. The van der Waals surface area contributed by atoms with Crippen LogP contribution in [-0.4, -0.2) is 36.0 Å². The first kappa shape index (κ1) is 21.8. The smallest absolute Gasteiger partial charge is 0.200 e. The van der Waals surface area contributed by atoms with Crippen molar-refractivity contribution < 1.29 is 13.7 Å². The summed E-state index contributed by atoms with van der Waals surface area (Å²) >= 11 is 1.44. The van der Waals surface area contributed by atoms with Crippen molar-refractivity contribution in [2.75, 3.05) is 5.75 Å². The minimum Gasteiger partial charge on any atom is -0.461 e. The molecule has 0 radical (unpaired) electrons. The average Bonchev–Trinajstić information content (AvgIpc) is 3.60. The summed E-state index contributed by atoms with van der Waals surface area (Å²) in [4.78, 5) is 13.2. The summed E-state index contributed by atoms with van der Waals surface area (Å²) in [6.07, 6.45) is 7.47. The number of ketones is 1. The van der Waals surface area contributed by atoms with Gasteiger partial charge in [0, 0.05) is 29.1 Å². The monoisotopic (exact) mass is 465 g/mol. The van der Waals surface area contributed by atoms with Gasteiger partial charge in [-0.15, -0.1) is 10.2 Å². The van der Waals surface area contributed by atoms with Crippen LogP contribution in [0.25, 0.3) is 17.4 Å². The maximum Gasteiger partial charge on any atom is 0.200 e. The minimum atomic E-state index is 0.0531. The fraction of sp³-hybridized carbons (Fsp3) is 0.417. The van der Waals surface area contributed by atoms with Gasteiger partial charge in [0.25, 0.3) is 0 Å². The van der Waals surface area contributed by atoms with Crippen LogP contribution in [0.3, 0.4) is 0 Å². The standard InChI is InChI=1S/C24H27N5O3S/c1-15-12-19(17(3)28(15)22-13-16(2)32-27-22)20(30)14-33-24-26-25-23(21-10-7-11-31-21)29(24)18-8-5-4-6-9-18/h7,10-13,18H,4-6,8-9,14H2,1-3H3. The van der Waals surface area contributed by atoms with Crippen molar-refractivity contribution in [1.29, 1.82) is 0 Å². The Hall–Kier alpha value is -3.07. The lowest BCUT2D eigenvalue weighted by Gasteiger charge is -2.25. The highest BCUT2D eigenvalue weighted by atomic mass is 32.2. The Labute approximate surface area is 196 Å². The minimum absolute atomic E-state index is 0.0531. The van der Waals surface area contributed by atoms with Crippen molar-refractivity contribution >= 4 is 17.5 Å². The van der Waals surface area contributed by atoms with Gasteiger partial charge in [-0.3, -0.25) is 13.9 Å². The molecule has 1 fully saturated rings. The zero-order valence-corrected chi connectivity index (χ0v) is 19.9. The predicted molar refractivity (Wildman–Crippen MR) is 125 cm³/mol. The number of hydrogen-bond acceptors (Lipinski definition) is 7. The van der Waals surface area contributed by atoms with E-state index in [2.05, 4.69) is 19.9 Å². The molecule has 4 aromatic heterocycles. The molecule has 0 aliphatic heterocycles. The molecular formula is C24H27N5O3S. The van der Waals surface area contributed by atoms with Crippen LogP contribution in [-0.2, 0) is 0 Å². The molecule has 0 bridgehead atoms. The molecule has 5 rings (SSSR count). The predicted octanol–water partition coefficient (Wildman–Crippen LogP) is 5.72. The quantitative estimate of drug-likeness (QED) is 0.254. The largest absolute Gasteiger partial charge is 0.461 e. The summed E-state index contributed by atoms with van der Waals surface area (Å²) in [5.74, 6) is 3.20. The van der Waals surface area contributed by atoms with Gasteiger partial charge >= 0.3 is 0 Å². The van der Waals surface area contributed by atoms with E-state index in [-0.39, 0.29) is 11.5 Å². The van der Waals surface area contributed by atoms with Gasteiger partial charge in [0.15, 0.2) is 22.5 Å². The Morgan fingerprint density at radius 2 is 1.97 bits per heavy atom. The maximum atomic E-state index is 13.2. The second-order valence-corrected chi connectivity index (χ2v) is 9.52. The number of carbonyl (C=O) groups excluding carboxylic acids is 1.